The Kier molecular flexibility index (Phi) is 14.1. The smallest absolute Gasteiger partial charge is 0.135 e. The van der Waals surface area contributed by atoms with Gasteiger partial charge >= 0.3 is 0 Å². The first kappa shape index (κ1) is 62.4. The van der Waals surface area contributed by atoms with Gasteiger partial charge in [0, 0.05) is 21.6 Å². The molecule has 0 atom stereocenters. The van der Waals surface area contributed by atoms with E-state index in [0.29, 0.717) is 0 Å². The summed E-state index contributed by atoms with van der Waals surface area (Å²) in [5.41, 5.74) is 30.2. The fourth-order valence-electron chi connectivity index (χ4n) is 19.2. The maximum absolute atomic E-state index is 6.22. The molecule has 1 heterocycles. The summed E-state index contributed by atoms with van der Waals surface area (Å²) in [6, 6.07) is 135. The number of furan rings is 1. The third-order valence-corrected chi connectivity index (χ3v) is 23.8. The molecule has 502 valence electrons. The Hall–Kier alpha value is -13.2. The molecule has 0 bridgehead atoms. The van der Waals surface area contributed by atoms with Crippen LogP contribution in [0.25, 0.3) is 197 Å². The van der Waals surface area contributed by atoms with Crippen LogP contribution in [-0.2, 0) is 10.8 Å². The van der Waals surface area contributed by atoms with Crippen molar-refractivity contribution in [3.05, 3.63) is 386 Å². The van der Waals surface area contributed by atoms with Crippen molar-refractivity contribution in [3.8, 4) is 100 Å². The Morgan fingerprint density at radius 1 is 0.178 bits per heavy atom. The van der Waals surface area contributed by atoms with E-state index in [1.165, 1.54) is 198 Å². The second-order valence-electron chi connectivity index (χ2n) is 30.4. The van der Waals surface area contributed by atoms with E-state index in [0.717, 1.165) is 21.9 Å². The van der Waals surface area contributed by atoms with E-state index in [1.54, 1.807) is 0 Å². The standard InChI is InChI=1S/C55H38.C51H34O/c1-55(2)50-30-14-29-43(53(50)49-32-31-36-16-4-6-23-44(36)54(49)55)38-19-12-21-40(34-38)52-47-26-9-7-24-45(47)51(46-25-8-10-27-48(46)52)39-20-11-18-37(33-39)42-28-13-17-35-15-3-5-22-41(35)42;1-51(2)44-23-12-22-35(49(44)42-27-25-31-13-3-4-16-36(31)50(42)51)32-14-11-15-33(29-32)47-38-18-5-7-20-40(38)48(41-21-8-6-19-39(41)47)34-26-28-46-43(30-34)37-17-9-10-24-45(37)52-46/h3-34H,1-2H3;3-30H,1-2H3. The third kappa shape index (κ3) is 9.63. The topological polar surface area (TPSA) is 13.1 Å². The molecule has 22 rings (SSSR count). The fourth-order valence-corrected chi connectivity index (χ4v) is 19.2. The average molecular weight is 1360 g/mol. The number of rotatable bonds is 7. The van der Waals surface area contributed by atoms with Crippen molar-refractivity contribution in [2.24, 2.45) is 0 Å². The Labute approximate surface area is 622 Å². The van der Waals surface area contributed by atoms with Crippen molar-refractivity contribution in [2.75, 3.05) is 0 Å². The molecule has 2 aliphatic rings. The Bertz CT molecular complexity index is 7010. The highest BCUT2D eigenvalue weighted by molar-refractivity contribution is 6.24. The highest BCUT2D eigenvalue weighted by Crippen LogP contribution is 2.57. The molecule has 0 radical (unpaired) electrons. The third-order valence-electron chi connectivity index (χ3n) is 23.8. The SMILES string of the molecule is CC1(C)c2cccc(-c3cccc(-c4c5ccccc5c(-c5ccc6oc7ccccc7c6c5)c5ccccc45)c3)c2-c2ccc3ccccc3c21.CC1(C)c2cccc(-c3cccc(-c4c5ccccc5c(-c5cccc(-c6cccc7ccccc67)c5)c5ccccc45)c3)c2-c2ccc3ccccc3c21. The Morgan fingerprint density at radius 2 is 0.477 bits per heavy atom. The van der Waals surface area contributed by atoms with Crippen LogP contribution in [0.15, 0.2) is 368 Å². The predicted molar refractivity (Wildman–Crippen MR) is 456 cm³/mol. The number of para-hydroxylation sites is 1. The first-order valence-corrected chi connectivity index (χ1v) is 37.5. The normalized spacial score (nSPS) is 13.2. The van der Waals surface area contributed by atoms with Crippen molar-refractivity contribution in [3.63, 3.8) is 0 Å². The Balaban J connectivity index is 0.000000137. The van der Waals surface area contributed by atoms with E-state index in [-0.39, 0.29) is 10.8 Å². The van der Waals surface area contributed by atoms with Crippen LogP contribution in [0.3, 0.4) is 0 Å². The van der Waals surface area contributed by atoms with Gasteiger partial charge in [-0.3, -0.25) is 0 Å². The van der Waals surface area contributed by atoms with Gasteiger partial charge in [-0.25, -0.2) is 0 Å². The zero-order valence-corrected chi connectivity index (χ0v) is 60.0. The van der Waals surface area contributed by atoms with E-state index in [2.05, 4.69) is 380 Å². The molecule has 107 heavy (non-hydrogen) atoms. The quantitative estimate of drug-likeness (QED) is 0.145. The van der Waals surface area contributed by atoms with E-state index >= 15 is 0 Å². The molecule has 0 spiro atoms. The molecule has 19 aromatic carbocycles. The van der Waals surface area contributed by atoms with Crippen LogP contribution in [-0.4, -0.2) is 0 Å². The first-order chi connectivity index (χ1) is 52.6. The van der Waals surface area contributed by atoms with Gasteiger partial charge in [-0.15, -0.1) is 0 Å². The maximum Gasteiger partial charge on any atom is 0.135 e. The van der Waals surface area contributed by atoms with Crippen molar-refractivity contribution in [1.29, 1.82) is 0 Å². The summed E-state index contributed by atoms with van der Waals surface area (Å²) in [5.74, 6) is 0. The van der Waals surface area contributed by atoms with Crippen molar-refractivity contribution in [1.82, 2.24) is 0 Å². The molecular weight excluding hydrogens is 1290 g/mol. The van der Waals surface area contributed by atoms with E-state index in [1.807, 2.05) is 12.1 Å². The van der Waals surface area contributed by atoms with Crippen molar-refractivity contribution < 1.29 is 4.42 Å². The van der Waals surface area contributed by atoms with Crippen LogP contribution in [0, 0.1) is 0 Å². The zero-order valence-electron chi connectivity index (χ0n) is 60.0. The summed E-state index contributed by atoms with van der Waals surface area (Å²) >= 11 is 0. The molecule has 0 aliphatic heterocycles. The molecule has 1 nitrogen and oxygen atoms in total. The van der Waals surface area contributed by atoms with Crippen LogP contribution >= 0.6 is 0 Å². The zero-order chi connectivity index (χ0) is 71.2. The summed E-state index contributed by atoms with van der Waals surface area (Å²) in [7, 11) is 0. The molecular formula is C106H72O. The van der Waals surface area contributed by atoms with Crippen molar-refractivity contribution >= 4 is 97.3 Å². The molecule has 2 aliphatic carbocycles. The first-order valence-electron chi connectivity index (χ1n) is 37.5. The largest absolute Gasteiger partial charge is 0.456 e. The van der Waals surface area contributed by atoms with Gasteiger partial charge < -0.3 is 4.42 Å². The monoisotopic (exact) mass is 1360 g/mol. The van der Waals surface area contributed by atoms with Gasteiger partial charge in [0.15, 0.2) is 0 Å². The highest BCUT2D eigenvalue weighted by Gasteiger charge is 2.40. The van der Waals surface area contributed by atoms with Gasteiger partial charge in [-0.05, 0) is 234 Å². The van der Waals surface area contributed by atoms with Gasteiger partial charge in [0.1, 0.15) is 11.2 Å². The maximum atomic E-state index is 6.22. The van der Waals surface area contributed by atoms with Crippen LogP contribution in [0.4, 0.5) is 0 Å². The molecule has 0 N–H and O–H groups in total. The van der Waals surface area contributed by atoms with Crippen LogP contribution < -0.4 is 0 Å². The molecule has 1 heteroatoms. The molecule has 20 aromatic rings. The van der Waals surface area contributed by atoms with Gasteiger partial charge in [0.2, 0.25) is 0 Å². The summed E-state index contributed by atoms with van der Waals surface area (Å²) in [5, 5.41) is 20.2. The lowest BCUT2D eigenvalue weighted by Crippen LogP contribution is -2.15. The second kappa shape index (κ2) is 24.2. The van der Waals surface area contributed by atoms with Gasteiger partial charge in [-0.1, -0.05) is 355 Å². The summed E-state index contributed by atoms with van der Waals surface area (Å²) in [4.78, 5) is 0. The fraction of sp³-hybridized carbons (Fsp3) is 0.0566. The number of hydrogen-bond donors (Lipinski definition) is 0. The summed E-state index contributed by atoms with van der Waals surface area (Å²) in [6.07, 6.45) is 0. The van der Waals surface area contributed by atoms with E-state index in [9.17, 15) is 0 Å². The average Bonchev–Trinajstić information content (AvgIpc) is 1.60. The molecule has 0 unspecified atom stereocenters. The number of hydrogen-bond acceptors (Lipinski definition) is 1. The molecule has 0 saturated heterocycles. The van der Waals surface area contributed by atoms with Crippen LogP contribution in [0.1, 0.15) is 49.9 Å². The van der Waals surface area contributed by atoms with E-state index in [4.69, 9.17) is 4.42 Å². The lowest BCUT2D eigenvalue weighted by atomic mass is 9.80. The van der Waals surface area contributed by atoms with Crippen LogP contribution in [0.5, 0.6) is 0 Å². The van der Waals surface area contributed by atoms with Gasteiger partial charge in [0.05, 0.1) is 0 Å². The minimum absolute atomic E-state index is 0.104. The lowest BCUT2D eigenvalue weighted by molar-refractivity contribution is 0.666. The van der Waals surface area contributed by atoms with Crippen molar-refractivity contribution in [2.45, 2.75) is 38.5 Å². The summed E-state index contributed by atoms with van der Waals surface area (Å²) in [6.45, 7) is 9.55. The van der Waals surface area contributed by atoms with E-state index < -0.39 is 0 Å². The minimum atomic E-state index is -0.105. The highest BCUT2D eigenvalue weighted by atomic mass is 16.3. The molecule has 1 aromatic heterocycles. The Morgan fingerprint density at radius 3 is 0.907 bits per heavy atom. The molecule has 0 fully saturated rings. The predicted octanol–water partition coefficient (Wildman–Crippen LogP) is 29.6. The second-order valence-corrected chi connectivity index (χ2v) is 30.4. The van der Waals surface area contributed by atoms with Gasteiger partial charge in [0.25, 0.3) is 0 Å². The molecule has 0 amide bonds. The summed E-state index contributed by atoms with van der Waals surface area (Å²) < 4.78 is 6.22. The minimum Gasteiger partial charge on any atom is -0.456 e. The lowest BCUT2D eigenvalue weighted by Gasteiger charge is -2.23. The number of fused-ring (bicyclic) bond motifs is 18. The number of benzene rings is 19. The van der Waals surface area contributed by atoms with Gasteiger partial charge in [-0.2, -0.15) is 0 Å². The molecule has 0 saturated carbocycles. The van der Waals surface area contributed by atoms with Crippen LogP contribution in [0.2, 0.25) is 0 Å².